The van der Waals surface area contributed by atoms with Crippen molar-refractivity contribution in [3.8, 4) is 0 Å². The molecule has 0 spiro atoms. The van der Waals surface area contributed by atoms with Crippen LogP contribution in [-0.4, -0.2) is 24.6 Å². The first-order valence-corrected chi connectivity index (χ1v) is 4.73. The Bertz CT molecular complexity index is 348. The molecule has 0 aromatic rings. The van der Waals surface area contributed by atoms with Gasteiger partial charge in [-0.25, -0.2) is 0 Å². The van der Waals surface area contributed by atoms with Gasteiger partial charge in [0.1, 0.15) is 11.5 Å². The Balaban J connectivity index is 4.46. The normalized spacial score (nSPS) is 12.9. The van der Waals surface area contributed by atoms with E-state index in [2.05, 4.69) is 18.2 Å². The van der Waals surface area contributed by atoms with Gasteiger partial charge in [-0.3, -0.25) is 4.99 Å². The molecule has 0 atom stereocenters. The Morgan fingerprint density at radius 2 is 2.06 bits per heavy atom. The van der Waals surface area contributed by atoms with Gasteiger partial charge in [0.15, 0.2) is 0 Å². The van der Waals surface area contributed by atoms with Crippen molar-refractivity contribution in [1.82, 2.24) is 0 Å². The molecule has 88 valence electrons. The summed E-state index contributed by atoms with van der Waals surface area (Å²) < 4.78 is 5.07. The summed E-state index contributed by atoms with van der Waals surface area (Å²) in [5, 5.41) is 9.01. The quantitative estimate of drug-likeness (QED) is 0.313. The zero-order valence-corrected chi connectivity index (χ0v) is 9.73. The predicted molar refractivity (Wildman–Crippen MR) is 67.3 cm³/mol. The van der Waals surface area contributed by atoms with Crippen LogP contribution in [0.3, 0.4) is 0 Å². The van der Waals surface area contributed by atoms with Crippen molar-refractivity contribution in [2.24, 2.45) is 10.7 Å². The van der Waals surface area contributed by atoms with Crippen LogP contribution in [0.25, 0.3) is 0 Å². The molecule has 0 amide bonds. The van der Waals surface area contributed by atoms with Crippen LogP contribution in [0.5, 0.6) is 0 Å². The molecule has 0 rings (SSSR count). The van der Waals surface area contributed by atoms with Crippen LogP contribution in [0.1, 0.15) is 6.92 Å². The fraction of sp³-hybridized carbons (Fsp3) is 0.250. The van der Waals surface area contributed by atoms with Crippen LogP contribution in [-0.2, 0) is 4.74 Å². The Morgan fingerprint density at radius 3 is 2.50 bits per heavy atom. The maximum absolute atomic E-state index is 9.01. The minimum atomic E-state index is -0.0671. The molecule has 0 aliphatic rings. The van der Waals surface area contributed by atoms with Gasteiger partial charge in [0.05, 0.1) is 19.5 Å². The number of nitrogens with two attached hydrogens (primary N) is 1. The lowest BCUT2D eigenvalue weighted by Crippen LogP contribution is -2.05. The molecule has 0 aromatic heterocycles. The maximum atomic E-state index is 9.01. The second-order valence-corrected chi connectivity index (χ2v) is 3.10. The number of hydrogen-bond donors (Lipinski definition) is 2. The first-order valence-electron chi connectivity index (χ1n) is 4.73. The third kappa shape index (κ3) is 6.48. The first-order chi connectivity index (χ1) is 7.47. The van der Waals surface area contributed by atoms with Crippen LogP contribution in [0.2, 0.25) is 0 Å². The molecule has 0 unspecified atom stereocenters. The van der Waals surface area contributed by atoms with Crippen molar-refractivity contribution in [2.45, 2.75) is 6.92 Å². The highest BCUT2D eigenvalue weighted by Gasteiger charge is 1.93. The Hall–Kier alpha value is -1.97. The van der Waals surface area contributed by atoms with Crippen LogP contribution in [0.4, 0.5) is 0 Å². The molecule has 0 aliphatic carbocycles. The summed E-state index contributed by atoms with van der Waals surface area (Å²) in [5.74, 6) is 1.07. The molecular formula is C12H18N2O2. The Kier molecular flexibility index (Phi) is 6.43. The summed E-state index contributed by atoms with van der Waals surface area (Å²) in [6.07, 6.45) is 5.04. The van der Waals surface area contributed by atoms with E-state index in [0.717, 1.165) is 0 Å². The largest absolute Gasteiger partial charge is 0.508 e. The molecule has 0 bridgehead atoms. The minimum absolute atomic E-state index is 0.0671. The van der Waals surface area contributed by atoms with Gasteiger partial charge in [-0.2, -0.15) is 0 Å². The number of ether oxygens (including phenoxy) is 1. The SMILES string of the molecule is C=C(O)C(=C)/C=C\C(=C/CN=C(C)N)OC. The summed E-state index contributed by atoms with van der Waals surface area (Å²) in [4.78, 5) is 3.99. The summed E-state index contributed by atoms with van der Waals surface area (Å²) >= 11 is 0. The van der Waals surface area contributed by atoms with E-state index in [9.17, 15) is 0 Å². The van der Waals surface area contributed by atoms with Gasteiger partial charge < -0.3 is 15.6 Å². The molecular weight excluding hydrogens is 204 g/mol. The lowest BCUT2D eigenvalue weighted by Gasteiger charge is -2.00. The maximum Gasteiger partial charge on any atom is 0.116 e. The number of hydrogen-bond acceptors (Lipinski definition) is 3. The molecule has 0 radical (unpaired) electrons. The summed E-state index contributed by atoms with van der Waals surface area (Å²) in [5.41, 5.74) is 5.82. The monoisotopic (exact) mass is 222 g/mol. The third-order valence-electron chi connectivity index (χ3n) is 1.69. The summed E-state index contributed by atoms with van der Waals surface area (Å²) in [6.45, 7) is 9.12. The molecule has 0 aromatic carbocycles. The molecule has 4 heteroatoms. The smallest absolute Gasteiger partial charge is 0.116 e. The van der Waals surface area contributed by atoms with Crippen molar-refractivity contribution in [2.75, 3.05) is 13.7 Å². The number of rotatable bonds is 6. The highest BCUT2D eigenvalue weighted by molar-refractivity contribution is 5.77. The molecule has 0 aliphatic heterocycles. The van der Waals surface area contributed by atoms with E-state index in [-0.39, 0.29) is 5.76 Å². The van der Waals surface area contributed by atoms with E-state index in [1.54, 1.807) is 32.3 Å². The molecule has 16 heavy (non-hydrogen) atoms. The number of amidine groups is 1. The number of nitrogens with zero attached hydrogens (tertiary/aromatic N) is 1. The Labute approximate surface area is 96.1 Å². The molecule has 0 fully saturated rings. The molecule has 0 saturated heterocycles. The van der Waals surface area contributed by atoms with E-state index in [4.69, 9.17) is 15.6 Å². The molecule has 3 N–H and O–H groups in total. The van der Waals surface area contributed by atoms with Crippen LogP contribution in [0.15, 0.2) is 53.5 Å². The average Bonchev–Trinajstić information content (AvgIpc) is 2.21. The van der Waals surface area contributed by atoms with Gasteiger partial charge in [-0.05, 0) is 25.2 Å². The van der Waals surface area contributed by atoms with E-state index < -0.39 is 0 Å². The van der Waals surface area contributed by atoms with E-state index in [0.29, 0.717) is 23.7 Å². The van der Waals surface area contributed by atoms with Gasteiger partial charge in [0.25, 0.3) is 0 Å². The lowest BCUT2D eigenvalue weighted by molar-refractivity contribution is 0.305. The van der Waals surface area contributed by atoms with Crippen molar-refractivity contribution in [3.05, 3.63) is 48.5 Å². The predicted octanol–water partition coefficient (Wildman–Crippen LogP) is 2.08. The lowest BCUT2D eigenvalue weighted by atomic mass is 10.2. The van der Waals surface area contributed by atoms with Gasteiger partial charge in [0.2, 0.25) is 0 Å². The number of aliphatic hydroxyl groups excluding tert-OH is 1. The van der Waals surface area contributed by atoms with Crippen molar-refractivity contribution < 1.29 is 9.84 Å². The zero-order chi connectivity index (χ0) is 12.6. The van der Waals surface area contributed by atoms with Gasteiger partial charge >= 0.3 is 0 Å². The van der Waals surface area contributed by atoms with Gasteiger partial charge in [-0.15, -0.1) is 0 Å². The highest BCUT2D eigenvalue weighted by Crippen LogP contribution is 2.06. The number of methoxy groups -OCH3 is 1. The van der Waals surface area contributed by atoms with Crippen molar-refractivity contribution >= 4 is 5.84 Å². The second kappa shape index (κ2) is 7.34. The fourth-order valence-electron chi connectivity index (χ4n) is 0.778. The van der Waals surface area contributed by atoms with Gasteiger partial charge in [-0.1, -0.05) is 13.2 Å². The number of aliphatic imine (C=N–C) groups is 1. The zero-order valence-electron chi connectivity index (χ0n) is 9.73. The second-order valence-electron chi connectivity index (χ2n) is 3.10. The van der Waals surface area contributed by atoms with Crippen molar-refractivity contribution in [3.63, 3.8) is 0 Å². The third-order valence-corrected chi connectivity index (χ3v) is 1.69. The first kappa shape index (κ1) is 14.0. The fourth-order valence-corrected chi connectivity index (χ4v) is 0.778. The van der Waals surface area contributed by atoms with E-state index in [1.165, 1.54) is 0 Å². The molecule has 4 nitrogen and oxygen atoms in total. The van der Waals surface area contributed by atoms with Crippen LogP contribution in [0, 0.1) is 0 Å². The number of allylic oxidation sites excluding steroid dienone is 2. The van der Waals surface area contributed by atoms with Crippen LogP contribution >= 0.6 is 0 Å². The van der Waals surface area contributed by atoms with Crippen molar-refractivity contribution in [1.29, 1.82) is 0 Å². The summed E-state index contributed by atoms with van der Waals surface area (Å²) in [7, 11) is 1.55. The number of aliphatic hydroxyl groups is 1. The highest BCUT2D eigenvalue weighted by atomic mass is 16.5. The Morgan fingerprint density at radius 1 is 1.44 bits per heavy atom. The minimum Gasteiger partial charge on any atom is -0.508 e. The molecule has 0 saturated carbocycles. The van der Waals surface area contributed by atoms with Crippen LogP contribution < -0.4 is 5.73 Å². The van der Waals surface area contributed by atoms with E-state index in [1.807, 2.05) is 0 Å². The summed E-state index contributed by atoms with van der Waals surface area (Å²) in [6, 6.07) is 0. The topological polar surface area (TPSA) is 67.8 Å². The average molecular weight is 222 g/mol. The standard InChI is InChI=1S/C12H18N2O2/c1-9(10(2)15)5-6-12(16-4)7-8-14-11(3)13/h5-7,15H,1-2,8H2,3-4H3,(H2,13,14)/b6-5-,12-7+. The van der Waals surface area contributed by atoms with Gasteiger partial charge in [0, 0.05) is 5.57 Å². The molecule has 0 heterocycles. The van der Waals surface area contributed by atoms with E-state index >= 15 is 0 Å².